The maximum absolute atomic E-state index is 13.5. The van der Waals surface area contributed by atoms with Crippen molar-refractivity contribution in [2.45, 2.75) is 12.8 Å². The predicted molar refractivity (Wildman–Crippen MR) is 119 cm³/mol. The third-order valence-corrected chi connectivity index (χ3v) is 4.98. The monoisotopic (exact) mass is 428 g/mol. The van der Waals surface area contributed by atoms with E-state index < -0.39 is 0 Å². The highest BCUT2D eigenvalue weighted by molar-refractivity contribution is 6.07. The summed E-state index contributed by atoms with van der Waals surface area (Å²) in [6.45, 7) is 1.37. The van der Waals surface area contributed by atoms with Gasteiger partial charge in [-0.05, 0) is 42.7 Å². The Labute approximate surface area is 181 Å². The molecule has 0 fully saturated rings. The Morgan fingerprint density at radius 1 is 1.13 bits per heavy atom. The van der Waals surface area contributed by atoms with Gasteiger partial charge in [0, 0.05) is 25.0 Å². The smallest absolute Gasteiger partial charge is 0.282 e. The van der Waals surface area contributed by atoms with Crippen molar-refractivity contribution in [1.29, 1.82) is 0 Å². The third kappa shape index (κ3) is 4.27. The Morgan fingerprint density at radius 3 is 2.70 bits per heavy atom. The average molecular weight is 429 g/mol. The van der Waals surface area contributed by atoms with Gasteiger partial charge in [0.05, 0.1) is 18.5 Å². The van der Waals surface area contributed by atoms with E-state index in [0.29, 0.717) is 31.2 Å². The fraction of sp³-hybridized carbons (Fsp3) is 0.273. The zero-order valence-corrected chi connectivity index (χ0v) is 17.6. The number of halogens is 1. The van der Waals surface area contributed by atoms with E-state index in [1.54, 1.807) is 22.9 Å². The molecule has 2 heterocycles. The average Bonchev–Trinajstić information content (AvgIpc) is 3.18. The van der Waals surface area contributed by atoms with E-state index in [1.807, 2.05) is 48.5 Å². The number of para-hydroxylation sites is 1. The number of methoxy groups -OCH3 is 1. The van der Waals surface area contributed by atoms with Crippen LogP contribution in [0, 0.1) is 0 Å². The summed E-state index contributed by atoms with van der Waals surface area (Å²) in [6.07, 6.45) is 3.45. The molecule has 0 radical (unpaired) electrons. The highest BCUT2D eigenvalue weighted by Crippen LogP contribution is 2.33. The van der Waals surface area contributed by atoms with Crippen LogP contribution in [0.4, 0.5) is 11.4 Å². The highest BCUT2D eigenvalue weighted by atomic mass is 35.5. The maximum Gasteiger partial charge on any atom is 0.282 e. The van der Waals surface area contributed by atoms with Crippen LogP contribution in [0.15, 0.2) is 54.7 Å². The van der Waals surface area contributed by atoms with Gasteiger partial charge in [-0.1, -0.05) is 24.3 Å². The van der Waals surface area contributed by atoms with Gasteiger partial charge in [-0.25, -0.2) is 4.68 Å². The van der Waals surface area contributed by atoms with Crippen LogP contribution in [-0.2, 0) is 11.2 Å². The first-order valence-corrected chi connectivity index (χ1v) is 9.65. The number of carbonyl (C=O) groups is 1. The number of nitrogens with two attached hydrogens (primary N) is 1. The molecule has 0 saturated heterocycles. The molecule has 0 aliphatic carbocycles. The fourth-order valence-corrected chi connectivity index (χ4v) is 3.55. The Kier molecular flexibility index (Phi) is 6.97. The van der Waals surface area contributed by atoms with Crippen LogP contribution in [0.25, 0.3) is 5.69 Å². The van der Waals surface area contributed by atoms with Crippen molar-refractivity contribution in [3.63, 3.8) is 0 Å². The Balaban J connectivity index is 0.00000256. The van der Waals surface area contributed by atoms with Gasteiger partial charge in [0.25, 0.3) is 5.91 Å². The third-order valence-electron chi connectivity index (χ3n) is 4.98. The summed E-state index contributed by atoms with van der Waals surface area (Å²) in [5, 5.41) is 4.56. The molecule has 8 heteroatoms. The van der Waals surface area contributed by atoms with Gasteiger partial charge >= 0.3 is 0 Å². The van der Waals surface area contributed by atoms with Crippen molar-refractivity contribution in [3.05, 3.63) is 66.0 Å². The minimum absolute atomic E-state index is 0. The number of hydrogen-bond donors (Lipinski definition) is 1. The van der Waals surface area contributed by atoms with Gasteiger partial charge in [-0.15, -0.1) is 12.4 Å². The molecule has 0 atom stereocenters. The van der Waals surface area contributed by atoms with Crippen LogP contribution < -0.4 is 15.4 Å². The fourth-order valence-electron chi connectivity index (χ4n) is 3.55. The summed E-state index contributed by atoms with van der Waals surface area (Å²) in [5.74, 6) is 0.241. The predicted octanol–water partition coefficient (Wildman–Crippen LogP) is 3.49. The topological polar surface area (TPSA) is 82.6 Å². The number of ether oxygens (including phenoxy) is 2. The lowest BCUT2D eigenvalue weighted by Crippen LogP contribution is -2.36. The van der Waals surface area contributed by atoms with Crippen LogP contribution in [-0.4, -0.2) is 42.6 Å². The number of amides is 1. The first-order chi connectivity index (χ1) is 14.2. The van der Waals surface area contributed by atoms with E-state index in [0.717, 1.165) is 29.8 Å². The number of nitrogen functional groups attached to an aromatic ring is 1. The first-order valence-electron chi connectivity index (χ1n) is 9.65. The van der Waals surface area contributed by atoms with Crippen molar-refractivity contribution in [2.75, 3.05) is 37.5 Å². The molecule has 0 saturated carbocycles. The van der Waals surface area contributed by atoms with E-state index in [1.165, 1.54) is 0 Å². The molecule has 0 bridgehead atoms. The maximum atomic E-state index is 13.5. The summed E-state index contributed by atoms with van der Waals surface area (Å²) in [5.41, 5.74) is 9.84. The normalized spacial score (nSPS) is 12.8. The van der Waals surface area contributed by atoms with Crippen LogP contribution in [0.3, 0.4) is 0 Å². The SMILES string of the molecule is COCCOc1cn(-c2ccccc2)nc1C(=O)N1CCCc2c(N)cccc21.Cl. The molecule has 1 aromatic heterocycles. The van der Waals surface area contributed by atoms with Crippen LogP contribution in [0.1, 0.15) is 22.5 Å². The Bertz CT molecular complexity index is 1010. The summed E-state index contributed by atoms with van der Waals surface area (Å²) < 4.78 is 12.6. The second kappa shape index (κ2) is 9.65. The molecule has 2 aromatic carbocycles. The van der Waals surface area contributed by atoms with Crippen molar-refractivity contribution in [1.82, 2.24) is 9.78 Å². The minimum Gasteiger partial charge on any atom is -0.487 e. The first kappa shape index (κ1) is 21.7. The second-order valence-corrected chi connectivity index (χ2v) is 6.87. The summed E-state index contributed by atoms with van der Waals surface area (Å²) >= 11 is 0. The van der Waals surface area contributed by atoms with Gasteiger partial charge in [0.1, 0.15) is 6.61 Å². The molecule has 2 N–H and O–H groups in total. The highest BCUT2D eigenvalue weighted by Gasteiger charge is 2.29. The number of nitrogens with zero attached hydrogens (tertiary/aromatic N) is 3. The van der Waals surface area contributed by atoms with Crippen LogP contribution in [0.2, 0.25) is 0 Å². The molecule has 3 aromatic rings. The summed E-state index contributed by atoms with van der Waals surface area (Å²) in [7, 11) is 1.61. The minimum atomic E-state index is -0.196. The van der Waals surface area contributed by atoms with Gasteiger partial charge in [-0.2, -0.15) is 5.10 Å². The van der Waals surface area contributed by atoms with Gasteiger partial charge < -0.3 is 20.1 Å². The lowest BCUT2D eigenvalue weighted by atomic mass is 9.99. The molecule has 30 heavy (non-hydrogen) atoms. The van der Waals surface area contributed by atoms with E-state index in [4.69, 9.17) is 15.2 Å². The van der Waals surface area contributed by atoms with E-state index in [-0.39, 0.29) is 24.0 Å². The number of fused-ring (bicyclic) bond motifs is 1. The van der Waals surface area contributed by atoms with E-state index in [2.05, 4.69) is 5.10 Å². The second-order valence-electron chi connectivity index (χ2n) is 6.87. The van der Waals surface area contributed by atoms with Gasteiger partial charge in [-0.3, -0.25) is 4.79 Å². The molecule has 0 spiro atoms. The Hall–Kier alpha value is -3.03. The summed E-state index contributed by atoms with van der Waals surface area (Å²) in [6, 6.07) is 15.3. The molecule has 4 rings (SSSR count). The van der Waals surface area contributed by atoms with Gasteiger partial charge in [0.2, 0.25) is 0 Å². The number of carbonyl (C=O) groups excluding carboxylic acids is 1. The van der Waals surface area contributed by atoms with Crippen molar-refractivity contribution in [2.24, 2.45) is 0 Å². The Morgan fingerprint density at radius 2 is 1.93 bits per heavy atom. The molecule has 158 valence electrons. The van der Waals surface area contributed by atoms with Crippen molar-refractivity contribution in [3.8, 4) is 11.4 Å². The van der Waals surface area contributed by atoms with Gasteiger partial charge in [0.15, 0.2) is 11.4 Å². The lowest BCUT2D eigenvalue weighted by molar-refractivity contribution is 0.0972. The largest absolute Gasteiger partial charge is 0.487 e. The van der Waals surface area contributed by atoms with Crippen molar-refractivity contribution < 1.29 is 14.3 Å². The molecular weight excluding hydrogens is 404 g/mol. The van der Waals surface area contributed by atoms with E-state index in [9.17, 15) is 4.79 Å². The lowest BCUT2D eigenvalue weighted by Gasteiger charge is -2.29. The zero-order valence-electron chi connectivity index (χ0n) is 16.8. The number of aromatic nitrogens is 2. The number of anilines is 2. The number of benzene rings is 2. The zero-order chi connectivity index (χ0) is 20.2. The molecule has 1 aliphatic rings. The quantitative estimate of drug-likeness (QED) is 0.480. The van der Waals surface area contributed by atoms with E-state index >= 15 is 0 Å². The molecule has 1 amide bonds. The number of hydrogen-bond acceptors (Lipinski definition) is 5. The standard InChI is InChI=1S/C22H24N4O3.ClH/c1-28-13-14-29-20-15-26(16-7-3-2-4-8-16)24-21(20)22(27)25-12-6-9-17-18(23)10-5-11-19(17)25;/h2-5,7-8,10-11,15H,6,9,12-14,23H2,1H3;1H. The van der Waals surface area contributed by atoms with Crippen LogP contribution in [0.5, 0.6) is 5.75 Å². The van der Waals surface area contributed by atoms with Crippen molar-refractivity contribution >= 4 is 29.7 Å². The molecular formula is C22H25ClN4O3. The number of rotatable bonds is 6. The molecule has 0 unspecified atom stereocenters. The molecule has 1 aliphatic heterocycles. The molecule has 7 nitrogen and oxygen atoms in total. The summed E-state index contributed by atoms with van der Waals surface area (Å²) in [4.78, 5) is 15.2. The van der Waals surface area contributed by atoms with Crippen LogP contribution >= 0.6 is 12.4 Å².